The number of anilines is 3. The monoisotopic (exact) mass is 599 g/mol. The van der Waals surface area contributed by atoms with Gasteiger partial charge in [-0.3, -0.25) is 0 Å². The van der Waals surface area contributed by atoms with E-state index in [4.69, 9.17) is 0 Å². The first-order valence-electron chi connectivity index (χ1n) is 16.1. The first kappa shape index (κ1) is 28.3. The lowest BCUT2D eigenvalue weighted by Crippen LogP contribution is -2.11. The first-order chi connectivity index (χ1) is 23.3. The minimum atomic E-state index is 1.10. The normalized spacial score (nSPS) is 11.0. The number of para-hydroxylation sites is 1. The molecule has 222 valence electrons. The predicted molar refractivity (Wildman–Crippen MR) is 200 cm³/mol. The fourth-order valence-corrected chi connectivity index (χ4v) is 6.46. The molecule has 0 saturated carbocycles. The number of rotatable bonds is 7. The lowest BCUT2D eigenvalue weighted by Gasteiger charge is -2.28. The average molecular weight is 600 g/mol. The number of benzene rings is 8. The first-order valence-corrected chi connectivity index (χ1v) is 16.1. The highest BCUT2D eigenvalue weighted by Crippen LogP contribution is 2.42. The van der Waals surface area contributed by atoms with E-state index in [-0.39, 0.29) is 0 Å². The Hall–Kier alpha value is -6.18. The lowest BCUT2D eigenvalue weighted by molar-refractivity contribution is 1.28. The Balaban J connectivity index is 1.23. The van der Waals surface area contributed by atoms with Crippen LogP contribution in [0.5, 0.6) is 0 Å². The highest BCUT2D eigenvalue weighted by Gasteiger charge is 2.18. The maximum atomic E-state index is 2.39. The van der Waals surface area contributed by atoms with Crippen molar-refractivity contribution in [2.75, 3.05) is 4.90 Å². The molecule has 0 aliphatic carbocycles. The molecule has 0 heterocycles. The number of fused-ring (bicyclic) bond motifs is 1. The average Bonchev–Trinajstić information content (AvgIpc) is 3.16. The zero-order valence-electron chi connectivity index (χ0n) is 26.0. The molecule has 0 unspecified atom stereocenters. The summed E-state index contributed by atoms with van der Waals surface area (Å²) < 4.78 is 0. The van der Waals surface area contributed by atoms with Crippen LogP contribution in [0.1, 0.15) is 0 Å². The highest BCUT2D eigenvalue weighted by atomic mass is 15.1. The van der Waals surface area contributed by atoms with Gasteiger partial charge in [0.1, 0.15) is 0 Å². The van der Waals surface area contributed by atoms with Gasteiger partial charge in [0.15, 0.2) is 0 Å². The molecule has 0 radical (unpaired) electrons. The number of nitrogens with zero attached hydrogens (tertiary/aromatic N) is 1. The van der Waals surface area contributed by atoms with Gasteiger partial charge in [-0.15, -0.1) is 0 Å². The van der Waals surface area contributed by atoms with Gasteiger partial charge in [0.25, 0.3) is 0 Å². The standard InChI is InChI=1S/C46H33N/c1-3-13-34(14-4-1)39-19-11-20-40(31-39)36-27-29-43(30-28-36)47(46-24-10-9-23-45(46)37-16-5-2-6-17-37)44-22-12-21-41(33-44)42-26-25-35-15-7-8-18-38(35)32-42/h1-33H. The van der Waals surface area contributed by atoms with Crippen LogP contribution in [0.3, 0.4) is 0 Å². The summed E-state index contributed by atoms with van der Waals surface area (Å²) in [6.07, 6.45) is 0. The van der Waals surface area contributed by atoms with Crippen LogP contribution in [0.4, 0.5) is 17.1 Å². The van der Waals surface area contributed by atoms with Gasteiger partial charge in [0.05, 0.1) is 5.69 Å². The Morgan fingerprint density at radius 3 is 1.51 bits per heavy atom. The van der Waals surface area contributed by atoms with Gasteiger partial charge in [-0.1, -0.05) is 158 Å². The van der Waals surface area contributed by atoms with Crippen LogP contribution in [-0.4, -0.2) is 0 Å². The minimum absolute atomic E-state index is 1.10. The van der Waals surface area contributed by atoms with E-state index in [1.54, 1.807) is 0 Å². The zero-order chi connectivity index (χ0) is 31.4. The smallest absolute Gasteiger partial charge is 0.0540 e. The molecule has 0 amide bonds. The second-order valence-corrected chi connectivity index (χ2v) is 11.8. The van der Waals surface area contributed by atoms with Crippen molar-refractivity contribution in [2.45, 2.75) is 0 Å². The Bertz CT molecular complexity index is 2290. The fourth-order valence-electron chi connectivity index (χ4n) is 6.46. The maximum absolute atomic E-state index is 2.39. The summed E-state index contributed by atoms with van der Waals surface area (Å²) in [5.41, 5.74) is 12.9. The minimum Gasteiger partial charge on any atom is -0.310 e. The Kier molecular flexibility index (Phi) is 7.63. The third-order valence-electron chi connectivity index (χ3n) is 8.85. The largest absolute Gasteiger partial charge is 0.310 e. The molecule has 0 aliphatic rings. The number of hydrogen-bond donors (Lipinski definition) is 0. The van der Waals surface area contributed by atoms with Crippen molar-refractivity contribution in [3.8, 4) is 44.5 Å². The van der Waals surface area contributed by atoms with Gasteiger partial charge in [-0.2, -0.15) is 0 Å². The van der Waals surface area contributed by atoms with E-state index < -0.39 is 0 Å². The van der Waals surface area contributed by atoms with Crippen LogP contribution < -0.4 is 4.90 Å². The second-order valence-electron chi connectivity index (χ2n) is 11.8. The summed E-state index contributed by atoms with van der Waals surface area (Å²) in [7, 11) is 0. The van der Waals surface area contributed by atoms with E-state index in [0.29, 0.717) is 0 Å². The summed E-state index contributed by atoms with van der Waals surface area (Å²) in [5, 5.41) is 2.49. The molecule has 1 heteroatoms. The van der Waals surface area contributed by atoms with E-state index in [9.17, 15) is 0 Å². The third-order valence-corrected chi connectivity index (χ3v) is 8.85. The molecule has 8 aromatic rings. The Labute approximate surface area is 276 Å². The Morgan fingerprint density at radius 1 is 0.255 bits per heavy atom. The van der Waals surface area contributed by atoms with E-state index in [0.717, 1.165) is 17.1 Å². The third kappa shape index (κ3) is 5.83. The lowest BCUT2D eigenvalue weighted by atomic mass is 9.98. The molecule has 8 rings (SSSR count). The van der Waals surface area contributed by atoms with E-state index in [2.05, 4.69) is 205 Å². The highest BCUT2D eigenvalue weighted by molar-refractivity contribution is 5.91. The second kappa shape index (κ2) is 12.7. The van der Waals surface area contributed by atoms with Crippen molar-refractivity contribution in [3.05, 3.63) is 200 Å². The van der Waals surface area contributed by atoms with Crippen LogP contribution in [0.25, 0.3) is 55.3 Å². The van der Waals surface area contributed by atoms with Gasteiger partial charge in [-0.25, -0.2) is 0 Å². The molecular weight excluding hydrogens is 567 g/mol. The molecule has 8 aromatic carbocycles. The molecular formula is C46H33N. The van der Waals surface area contributed by atoms with E-state index in [1.807, 2.05) is 0 Å². The molecule has 1 nitrogen and oxygen atoms in total. The number of hydrogen-bond acceptors (Lipinski definition) is 1. The van der Waals surface area contributed by atoms with Crippen molar-refractivity contribution in [1.29, 1.82) is 0 Å². The van der Waals surface area contributed by atoms with Crippen molar-refractivity contribution < 1.29 is 0 Å². The molecule has 0 aromatic heterocycles. The molecule has 0 aliphatic heterocycles. The molecule has 0 saturated heterocycles. The maximum Gasteiger partial charge on any atom is 0.0540 e. The summed E-state index contributed by atoms with van der Waals surface area (Å²) in [6.45, 7) is 0. The van der Waals surface area contributed by atoms with Crippen molar-refractivity contribution in [2.24, 2.45) is 0 Å². The van der Waals surface area contributed by atoms with Crippen LogP contribution in [0.2, 0.25) is 0 Å². The topological polar surface area (TPSA) is 3.24 Å². The summed E-state index contributed by atoms with van der Waals surface area (Å²) in [6, 6.07) is 71.8. The van der Waals surface area contributed by atoms with Crippen LogP contribution in [0, 0.1) is 0 Å². The fraction of sp³-hybridized carbons (Fsp3) is 0. The molecule has 0 fully saturated rings. The summed E-state index contributed by atoms with van der Waals surface area (Å²) in [4.78, 5) is 2.39. The SMILES string of the molecule is c1ccc(-c2cccc(-c3ccc(N(c4cccc(-c5ccc6ccccc6c5)c4)c4ccccc4-c4ccccc4)cc3)c2)cc1. The Morgan fingerprint density at radius 2 is 0.766 bits per heavy atom. The summed E-state index contributed by atoms with van der Waals surface area (Å²) >= 11 is 0. The zero-order valence-corrected chi connectivity index (χ0v) is 26.0. The van der Waals surface area contributed by atoms with E-state index >= 15 is 0 Å². The molecule has 0 N–H and O–H groups in total. The van der Waals surface area contributed by atoms with Gasteiger partial charge < -0.3 is 4.90 Å². The van der Waals surface area contributed by atoms with Crippen LogP contribution in [-0.2, 0) is 0 Å². The van der Waals surface area contributed by atoms with Crippen molar-refractivity contribution >= 4 is 27.8 Å². The van der Waals surface area contributed by atoms with Crippen LogP contribution >= 0.6 is 0 Å². The quantitative estimate of drug-likeness (QED) is 0.176. The van der Waals surface area contributed by atoms with Gasteiger partial charge in [-0.05, 0) is 92.2 Å². The van der Waals surface area contributed by atoms with Gasteiger partial charge >= 0.3 is 0 Å². The molecule has 0 spiro atoms. The van der Waals surface area contributed by atoms with Crippen molar-refractivity contribution in [1.82, 2.24) is 0 Å². The van der Waals surface area contributed by atoms with Gasteiger partial charge in [0.2, 0.25) is 0 Å². The molecule has 0 bridgehead atoms. The predicted octanol–water partition coefficient (Wildman–Crippen LogP) is 13.0. The molecule has 0 atom stereocenters. The summed E-state index contributed by atoms with van der Waals surface area (Å²) in [5.74, 6) is 0. The van der Waals surface area contributed by atoms with Crippen LogP contribution in [0.15, 0.2) is 200 Å². The van der Waals surface area contributed by atoms with Gasteiger partial charge in [0, 0.05) is 16.9 Å². The molecule has 47 heavy (non-hydrogen) atoms. The van der Waals surface area contributed by atoms with Crippen molar-refractivity contribution in [3.63, 3.8) is 0 Å². The van der Waals surface area contributed by atoms with E-state index in [1.165, 1.54) is 55.3 Å².